The molecule has 1 heterocycles. The van der Waals surface area contributed by atoms with Crippen LogP contribution in [0.25, 0.3) is 0 Å². The number of hydrogen-bond acceptors (Lipinski definition) is 8. The number of phenols is 2. The zero-order valence-corrected chi connectivity index (χ0v) is 18.8. The molecule has 9 heteroatoms. The zero-order chi connectivity index (χ0) is 25.1. The van der Waals surface area contributed by atoms with Gasteiger partial charge >= 0.3 is 0 Å². The highest BCUT2D eigenvalue weighted by Crippen LogP contribution is 2.48. The summed E-state index contributed by atoms with van der Waals surface area (Å²) >= 11 is 0. The van der Waals surface area contributed by atoms with Crippen molar-refractivity contribution in [3.63, 3.8) is 0 Å². The van der Waals surface area contributed by atoms with Crippen LogP contribution in [0.5, 0.6) is 17.2 Å². The summed E-state index contributed by atoms with van der Waals surface area (Å²) in [6, 6.07) is 8.60. The van der Waals surface area contributed by atoms with E-state index in [-0.39, 0.29) is 36.6 Å². The van der Waals surface area contributed by atoms with Crippen LogP contribution in [0.15, 0.2) is 72.0 Å². The fourth-order valence-corrected chi connectivity index (χ4v) is 4.17. The van der Waals surface area contributed by atoms with Crippen molar-refractivity contribution in [3.05, 3.63) is 88.7 Å². The predicted molar refractivity (Wildman–Crippen MR) is 128 cm³/mol. The second-order valence-electron chi connectivity index (χ2n) is 8.52. The molecule has 0 spiro atoms. The number of aliphatic hydroxyl groups excluding tert-OH is 3. The number of benzene rings is 2. The molecule has 2 aromatic carbocycles. The first-order valence-corrected chi connectivity index (χ1v) is 11.2. The van der Waals surface area contributed by atoms with Gasteiger partial charge in [-0.25, -0.2) is 0 Å². The minimum absolute atomic E-state index is 0.0367. The van der Waals surface area contributed by atoms with Crippen LogP contribution in [-0.2, 0) is 0 Å². The van der Waals surface area contributed by atoms with Crippen LogP contribution in [0.1, 0.15) is 33.8 Å². The first kappa shape index (κ1) is 24.5. The molecule has 4 atom stereocenters. The first-order valence-electron chi connectivity index (χ1n) is 11.2. The van der Waals surface area contributed by atoms with E-state index in [9.17, 15) is 25.2 Å². The summed E-state index contributed by atoms with van der Waals surface area (Å²) < 4.78 is 5.95. The summed E-state index contributed by atoms with van der Waals surface area (Å²) in [4.78, 5) is 12.5. The van der Waals surface area contributed by atoms with Gasteiger partial charge in [-0.2, -0.15) is 0 Å². The van der Waals surface area contributed by atoms with Crippen molar-refractivity contribution in [2.75, 3.05) is 13.2 Å². The number of carbonyl (C=O) groups excluding carboxylic acids is 1. The molecule has 35 heavy (non-hydrogen) atoms. The highest BCUT2D eigenvalue weighted by molar-refractivity contribution is 5.94. The van der Waals surface area contributed by atoms with Crippen molar-refractivity contribution in [3.8, 4) is 17.2 Å². The lowest BCUT2D eigenvalue weighted by molar-refractivity contribution is 0.0957. The number of ether oxygens (including phenoxy) is 1. The van der Waals surface area contributed by atoms with Crippen molar-refractivity contribution < 1.29 is 35.1 Å². The third-order valence-corrected chi connectivity index (χ3v) is 6.03. The molecule has 1 amide bonds. The van der Waals surface area contributed by atoms with E-state index in [0.29, 0.717) is 17.1 Å². The Balaban J connectivity index is 1.56. The summed E-state index contributed by atoms with van der Waals surface area (Å²) in [6.07, 6.45) is 4.90. The molecular weight excluding hydrogens is 452 g/mol. The smallest absolute Gasteiger partial charge is 0.251 e. The number of carbonyl (C=O) groups is 1. The average molecular weight is 481 g/mol. The molecule has 0 radical (unpaired) electrons. The third-order valence-electron chi connectivity index (χ3n) is 6.03. The molecule has 0 aromatic heterocycles. The normalized spacial score (nSPS) is 20.7. The minimum atomic E-state index is -1.03. The lowest BCUT2D eigenvalue weighted by Crippen LogP contribution is -2.36. The largest absolute Gasteiger partial charge is 0.508 e. The molecule has 2 aliphatic rings. The first-order chi connectivity index (χ1) is 16.8. The Morgan fingerprint density at radius 3 is 2.71 bits per heavy atom. The van der Waals surface area contributed by atoms with Gasteiger partial charge in [0.05, 0.1) is 24.9 Å². The average Bonchev–Trinajstić information content (AvgIpc) is 2.84. The fourth-order valence-electron chi connectivity index (χ4n) is 4.17. The minimum Gasteiger partial charge on any atom is -0.508 e. The summed E-state index contributed by atoms with van der Waals surface area (Å²) in [6.45, 7) is -0.242. The van der Waals surface area contributed by atoms with Crippen LogP contribution in [-0.4, -0.2) is 62.8 Å². The van der Waals surface area contributed by atoms with Gasteiger partial charge in [0, 0.05) is 47.2 Å². The van der Waals surface area contributed by atoms with E-state index < -0.39 is 30.1 Å². The highest BCUT2D eigenvalue weighted by Gasteiger charge is 2.34. The van der Waals surface area contributed by atoms with Gasteiger partial charge in [-0.05, 0) is 18.2 Å². The SMILES string of the molecule is N[C@@H](CO)[C@H](O)C=CCNC(=O)c1ccc(C2C3=C(CC(O)C=C3)Oc3cc(O)ccc32)c(O)c1. The Morgan fingerprint density at radius 2 is 1.97 bits per heavy atom. The van der Waals surface area contributed by atoms with Gasteiger partial charge in [0.25, 0.3) is 5.91 Å². The molecular formula is C26H28N2O7. The van der Waals surface area contributed by atoms with Gasteiger partial charge in [0.15, 0.2) is 0 Å². The number of rotatable bonds is 7. The molecule has 1 aliphatic carbocycles. The Kier molecular flexibility index (Phi) is 7.23. The van der Waals surface area contributed by atoms with Crippen molar-refractivity contribution in [2.45, 2.75) is 30.6 Å². The number of aromatic hydroxyl groups is 2. The van der Waals surface area contributed by atoms with E-state index >= 15 is 0 Å². The van der Waals surface area contributed by atoms with Crippen LogP contribution >= 0.6 is 0 Å². The summed E-state index contributed by atoms with van der Waals surface area (Å²) in [5.74, 6) is 0.0988. The zero-order valence-electron chi connectivity index (χ0n) is 18.8. The quantitative estimate of drug-likeness (QED) is 0.290. The van der Waals surface area contributed by atoms with Gasteiger partial charge in [0.1, 0.15) is 23.0 Å². The van der Waals surface area contributed by atoms with Crippen LogP contribution in [0.3, 0.4) is 0 Å². The maximum atomic E-state index is 12.5. The Morgan fingerprint density at radius 1 is 1.20 bits per heavy atom. The molecule has 4 rings (SSSR count). The standard InChI is InChI=1S/C26H28N2O7/c27-20(13-29)21(32)2-1-9-28-26(34)14-3-6-17(22(33)10-14)25-18-7-4-15(30)11-23(18)35-24-12-16(31)5-8-19(24)25/h1-8,10-11,16,20-21,25,29-33H,9,12-13,27H2,(H,28,34)/t16?,20-,21+,25?/m0/s1. The number of fused-ring (bicyclic) bond motifs is 1. The highest BCUT2D eigenvalue weighted by atomic mass is 16.5. The number of aliphatic hydroxyl groups is 3. The van der Waals surface area contributed by atoms with Gasteiger partial charge in [-0.3, -0.25) is 4.79 Å². The van der Waals surface area contributed by atoms with E-state index in [1.165, 1.54) is 24.3 Å². The maximum absolute atomic E-state index is 12.5. The second-order valence-corrected chi connectivity index (χ2v) is 8.52. The predicted octanol–water partition coefficient (Wildman–Crippen LogP) is 1.16. The molecule has 0 bridgehead atoms. The van der Waals surface area contributed by atoms with E-state index in [1.54, 1.807) is 36.4 Å². The van der Waals surface area contributed by atoms with E-state index in [4.69, 9.17) is 15.6 Å². The van der Waals surface area contributed by atoms with Crippen molar-refractivity contribution >= 4 is 5.91 Å². The van der Waals surface area contributed by atoms with Gasteiger partial charge < -0.3 is 41.3 Å². The second kappa shape index (κ2) is 10.3. The molecule has 2 aromatic rings. The molecule has 2 unspecified atom stereocenters. The van der Waals surface area contributed by atoms with Crippen LogP contribution < -0.4 is 15.8 Å². The van der Waals surface area contributed by atoms with Gasteiger partial charge in [-0.15, -0.1) is 0 Å². The van der Waals surface area contributed by atoms with Crippen LogP contribution in [0.2, 0.25) is 0 Å². The van der Waals surface area contributed by atoms with Crippen molar-refractivity contribution in [1.29, 1.82) is 0 Å². The topological polar surface area (TPSA) is 166 Å². The Hall–Kier alpha value is -3.63. The molecule has 8 N–H and O–H groups in total. The number of phenolic OH excluding ortho intramolecular Hbond substituents is 2. The molecule has 0 saturated carbocycles. The molecule has 1 aliphatic heterocycles. The summed E-state index contributed by atoms with van der Waals surface area (Å²) in [5.41, 5.74) is 7.83. The summed E-state index contributed by atoms with van der Waals surface area (Å²) in [7, 11) is 0. The monoisotopic (exact) mass is 480 g/mol. The lowest BCUT2D eigenvalue weighted by Gasteiger charge is -2.32. The fraction of sp³-hybridized carbons (Fsp3) is 0.269. The van der Waals surface area contributed by atoms with E-state index in [1.807, 2.05) is 0 Å². The number of nitrogens with one attached hydrogen (secondary N) is 1. The lowest BCUT2D eigenvalue weighted by atomic mass is 9.79. The molecule has 0 saturated heterocycles. The third kappa shape index (κ3) is 5.23. The number of hydrogen-bond donors (Lipinski definition) is 7. The van der Waals surface area contributed by atoms with E-state index in [0.717, 1.165) is 11.1 Å². The number of amides is 1. The molecule has 184 valence electrons. The Bertz CT molecular complexity index is 1200. The number of allylic oxidation sites excluding steroid dienone is 2. The maximum Gasteiger partial charge on any atom is 0.251 e. The van der Waals surface area contributed by atoms with Crippen LogP contribution in [0, 0.1) is 0 Å². The van der Waals surface area contributed by atoms with Crippen molar-refractivity contribution in [2.24, 2.45) is 5.73 Å². The summed E-state index contributed by atoms with van der Waals surface area (Å²) in [5, 5.41) is 52.2. The van der Waals surface area contributed by atoms with E-state index in [2.05, 4.69) is 5.32 Å². The molecule has 0 fully saturated rings. The van der Waals surface area contributed by atoms with Gasteiger partial charge in [-0.1, -0.05) is 36.4 Å². The van der Waals surface area contributed by atoms with Crippen molar-refractivity contribution in [1.82, 2.24) is 5.32 Å². The van der Waals surface area contributed by atoms with Gasteiger partial charge in [0.2, 0.25) is 0 Å². The van der Waals surface area contributed by atoms with Crippen LogP contribution in [0.4, 0.5) is 0 Å². The Labute approximate surface area is 202 Å². The number of nitrogens with two attached hydrogens (primary N) is 1. The molecule has 9 nitrogen and oxygen atoms in total.